The number of carboxylic acids is 1. The van der Waals surface area contributed by atoms with Crippen LogP contribution >= 0.6 is 11.5 Å². The predicted molar refractivity (Wildman–Crippen MR) is 33.6 cm³/mol. The Hall–Kier alpha value is -0.970. The maximum Gasteiger partial charge on any atom is 0.0940 e. The Bertz CT molecular complexity index is 246. The number of hydrogen-bond acceptors (Lipinski definition) is 5. The molecule has 0 aromatic carbocycles. The zero-order valence-corrected chi connectivity index (χ0v) is 6.14. The number of nitrogens with zero attached hydrogens (tertiary/aromatic N) is 2. The highest BCUT2D eigenvalue weighted by molar-refractivity contribution is 7.07. The molecule has 0 radical (unpaired) electrons. The zero-order chi connectivity index (χ0) is 7.56. The van der Waals surface area contributed by atoms with Crippen LogP contribution in [0.25, 0.3) is 0 Å². The molecule has 0 saturated carbocycles. The van der Waals surface area contributed by atoms with Gasteiger partial charge in [0.25, 0.3) is 0 Å². The molecule has 0 N–H and O–H groups in total. The second-order valence-electron chi connectivity index (χ2n) is 1.69. The molecule has 10 heavy (non-hydrogen) atoms. The molecule has 4 nitrogen and oxygen atoms in total. The van der Waals surface area contributed by atoms with E-state index in [1.54, 1.807) is 0 Å². The fourth-order valence-corrected chi connectivity index (χ4v) is 1.18. The van der Waals surface area contributed by atoms with Gasteiger partial charge in [-0.3, -0.25) is 0 Å². The Kier molecular flexibility index (Phi) is 1.96. The first-order valence-electron chi connectivity index (χ1n) is 2.78. The van der Waals surface area contributed by atoms with Gasteiger partial charge in [-0.25, -0.2) is 0 Å². The molecule has 0 spiro atoms. The molecule has 0 unspecified atom stereocenters. The lowest BCUT2D eigenvalue weighted by Crippen LogP contribution is -2.22. The van der Waals surface area contributed by atoms with Crippen molar-refractivity contribution >= 4 is 17.5 Å². The zero-order valence-electron chi connectivity index (χ0n) is 5.33. The molecule has 1 aromatic heterocycles. The van der Waals surface area contributed by atoms with Crippen molar-refractivity contribution in [3.05, 3.63) is 10.6 Å². The van der Waals surface area contributed by atoms with E-state index in [0.717, 1.165) is 11.5 Å². The van der Waals surface area contributed by atoms with Crippen LogP contribution in [0.1, 0.15) is 22.3 Å². The van der Waals surface area contributed by atoms with E-state index in [1.165, 1.54) is 0 Å². The predicted octanol–water partition coefficient (Wildman–Crippen LogP) is -0.536. The largest absolute Gasteiger partial charge is 0.544 e. The number of aromatic nitrogens is 2. The van der Waals surface area contributed by atoms with Crippen LogP contribution in [-0.2, 0) is 6.42 Å². The van der Waals surface area contributed by atoms with Gasteiger partial charge < -0.3 is 9.90 Å². The number of aromatic carboxylic acids is 1. The SMILES string of the molecule is CCc1nnsc1C(=O)[O-]. The van der Waals surface area contributed by atoms with Crippen LogP contribution < -0.4 is 5.11 Å². The first-order valence-corrected chi connectivity index (χ1v) is 3.55. The first-order chi connectivity index (χ1) is 4.75. The van der Waals surface area contributed by atoms with Crippen molar-refractivity contribution in [2.24, 2.45) is 0 Å². The molecule has 0 atom stereocenters. The summed E-state index contributed by atoms with van der Waals surface area (Å²) in [6.07, 6.45) is 0.583. The van der Waals surface area contributed by atoms with E-state index in [1.807, 2.05) is 6.92 Å². The monoisotopic (exact) mass is 157 g/mol. The van der Waals surface area contributed by atoms with E-state index in [9.17, 15) is 9.90 Å². The maximum atomic E-state index is 10.3. The Morgan fingerprint density at radius 2 is 2.50 bits per heavy atom. The quantitative estimate of drug-likeness (QED) is 0.578. The van der Waals surface area contributed by atoms with Crippen LogP contribution in [0.3, 0.4) is 0 Å². The molecule has 0 aliphatic heterocycles. The minimum Gasteiger partial charge on any atom is -0.544 e. The molecule has 1 heterocycles. The summed E-state index contributed by atoms with van der Waals surface area (Å²) in [4.78, 5) is 10.4. The van der Waals surface area contributed by atoms with Gasteiger partial charge in [0.15, 0.2) is 0 Å². The maximum absolute atomic E-state index is 10.3. The first kappa shape index (κ1) is 7.14. The Balaban J connectivity index is 3.01. The van der Waals surface area contributed by atoms with Crippen LogP contribution in [0.5, 0.6) is 0 Å². The molecular weight excluding hydrogens is 152 g/mol. The summed E-state index contributed by atoms with van der Waals surface area (Å²) in [5, 5.41) is 13.9. The molecule has 5 heteroatoms. The van der Waals surface area contributed by atoms with Gasteiger partial charge in [-0.1, -0.05) is 11.4 Å². The highest BCUT2D eigenvalue weighted by Gasteiger charge is 2.04. The standard InChI is InChI=1S/C5H6N2O2S/c1-2-3-4(5(8)9)10-7-6-3/h2H2,1H3,(H,8,9)/p-1. The van der Waals surface area contributed by atoms with Crippen LogP contribution in [0.4, 0.5) is 0 Å². The molecule has 0 saturated heterocycles. The summed E-state index contributed by atoms with van der Waals surface area (Å²) >= 11 is 0.859. The molecule has 0 aliphatic rings. The number of aryl methyl sites for hydroxylation is 1. The lowest BCUT2D eigenvalue weighted by molar-refractivity contribution is -0.254. The average Bonchev–Trinajstić information content (AvgIpc) is 2.33. The fraction of sp³-hybridized carbons (Fsp3) is 0.400. The Morgan fingerprint density at radius 3 is 2.90 bits per heavy atom. The van der Waals surface area contributed by atoms with Crippen molar-refractivity contribution in [1.29, 1.82) is 0 Å². The van der Waals surface area contributed by atoms with Crippen molar-refractivity contribution in [2.75, 3.05) is 0 Å². The summed E-state index contributed by atoms with van der Waals surface area (Å²) in [5.41, 5.74) is 0.505. The highest BCUT2D eigenvalue weighted by atomic mass is 32.1. The molecule has 0 fully saturated rings. The number of rotatable bonds is 2. The normalized spacial score (nSPS) is 9.70. The molecular formula is C5H5N2O2S-. The van der Waals surface area contributed by atoms with Crippen molar-refractivity contribution < 1.29 is 9.90 Å². The smallest absolute Gasteiger partial charge is 0.0940 e. The van der Waals surface area contributed by atoms with Gasteiger partial charge in [0.2, 0.25) is 0 Å². The van der Waals surface area contributed by atoms with Crippen LogP contribution in [-0.4, -0.2) is 15.6 Å². The summed E-state index contributed by atoms with van der Waals surface area (Å²) in [6, 6.07) is 0. The lowest BCUT2D eigenvalue weighted by atomic mass is 10.3. The molecule has 1 aromatic rings. The van der Waals surface area contributed by atoms with Gasteiger partial charge in [0, 0.05) is 0 Å². The third-order valence-electron chi connectivity index (χ3n) is 1.08. The van der Waals surface area contributed by atoms with Gasteiger partial charge in [-0.2, -0.15) is 0 Å². The summed E-state index contributed by atoms with van der Waals surface area (Å²) in [6.45, 7) is 1.82. The van der Waals surface area contributed by atoms with E-state index in [0.29, 0.717) is 12.1 Å². The van der Waals surface area contributed by atoms with Crippen molar-refractivity contribution in [3.63, 3.8) is 0 Å². The Morgan fingerprint density at radius 1 is 1.80 bits per heavy atom. The minimum absolute atomic E-state index is 0.141. The molecule has 0 amide bonds. The van der Waals surface area contributed by atoms with Crippen LogP contribution in [0.2, 0.25) is 0 Å². The van der Waals surface area contributed by atoms with Gasteiger partial charge >= 0.3 is 0 Å². The summed E-state index contributed by atoms with van der Waals surface area (Å²) < 4.78 is 3.49. The van der Waals surface area contributed by atoms with Gasteiger partial charge in [-0.05, 0) is 18.0 Å². The van der Waals surface area contributed by atoms with Gasteiger partial charge in [0.1, 0.15) is 0 Å². The van der Waals surface area contributed by atoms with Crippen LogP contribution in [0, 0.1) is 0 Å². The van der Waals surface area contributed by atoms with Crippen LogP contribution in [0.15, 0.2) is 0 Å². The van der Waals surface area contributed by atoms with E-state index in [2.05, 4.69) is 9.59 Å². The molecule has 1 rings (SSSR count). The van der Waals surface area contributed by atoms with Crippen molar-refractivity contribution in [2.45, 2.75) is 13.3 Å². The summed E-state index contributed by atoms with van der Waals surface area (Å²) in [7, 11) is 0. The number of carboxylic acid groups (broad SMARTS) is 1. The van der Waals surface area contributed by atoms with E-state index in [-0.39, 0.29) is 4.88 Å². The highest BCUT2D eigenvalue weighted by Crippen LogP contribution is 2.08. The Labute approximate surface area is 61.7 Å². The third-order valence-corrected chi connectivity index (χ3v) is 1.82. The minimum atomic E-state index is -1.19. The van der Waals surface area contributed by atoms with Gasteiger partial charge in [-0.15, -0.1) is 5.10 Å². The third kappa shape index (κ3) is 1.13. The second-order valence-corrected chi connectivity index (χ2v) is 2.44. The van der Waals surface area contributed by atoms with E-state index in [4.69, 9.17) is 0 Å². The van der Waals surface area contributed by atoms with Gasteiger partial charge in [0.05, 0.1) is 16.5 Å². The fourth-order valence-electron chi connectivity index (χ4n) is 0.595. The molecule has 0 bridgehead atoms. The summed E-state index contributed by atoms with van der Waals surface area (Å²) in [5.74, 6) is -1.19. The van der Waals surface area contributed by atoms with Crippen molar-refractivity contribution in [1.82, 2.24) is 9.59 Å². The van der Waals surface area contributed by atoms with E-state index < -0.39 is 5.97 Å². The molecule has 0 aliphatic carbocycles. The van der Waals surface area contributed by atoms with E-state index >= 15 is 0 Å². The average molecular weight is 157 g/mol. The lowest BCUT2D eigenvalue weighted by Gasteiger charge is -1.96. The topological polar surface area (TPSA) is 65.9 Å². The second kappa shape index (κ2) is 2.74. The number of hydrogen-bond donors (Lipinski definition) is 0. The molecule has 54 valence electrons. The number of carbonyl (C=O) groups excluding carboxylic acids is 1. The van der Waals surface area contributed by atoms with Crippen molar-refractivity contribution in [3.8, 4) is 0 Å². The number of carbonyl (C=O) groups is 1.